The number of hydrogen-bond donors (Lipinski definition) is 13. The second-order valence-corrected chi connectivity index (χ2v) is 23.3. The largest absolute Gasteiger partial charge is 0.506 e. The zero-order valence-corrected chi connectivity index (χ0v) is 49.0. The Bertz CT molecular complexity index is 3220. The van der Waals surface area contributed by atoms with E-state index in [0.717, 1.165) is 0 Å². The molecule has 0 saturated carbocycles. The van der Waals surface area contributed by atoms with Crippen molar-refractivity contribution in [1.82, 2.24) is 62.1 Å². The Hall–Kier alpha value is -8.36. The number of nitrogens with one attached hydrogen (secondary N) is 8. The van der Waals surface area contributed by atoms with Crippen LogP contribution in [0.2, 0.25) is 0 Å². The number of nitrogens with two attached hydrogens (primary N) is 1. The number of aromatic hydroxyl groups is 4. The van der Waals surface area contributed by atoms with E-state index in [0.29, 0.717) is 117 Å². The number of fused-ring (bicyclic) bond motifs is 18. The number of carbonyl (C=O) groups excluding carboxylic acids is 8. The van der Waals surface area contributed by atoms with Gasteiger partial charge in [-0.05, 0) is 133 Å². The molecule has 5 aliphatic rings. The van der Waals surface area contributed by atoms with Crippen LogP contribution in [0.4, 0.5) is 0 Å². The normalized spacial score (nSPS) is 26.2. The van der Waals surface area contributed by atoms with Crippen LogP contribution in [0.5, 0.6) is 23.0 Å². The van der Waals surface area contributed by atoms with Crippen LogP contribution >= 0.6 is 0 Å². The molecule has 14 N–H and O–H groups in total. The Morgan fingerprint density at radius 2 is 0.724 bits per heavy atom. The highest BCUT2D eigenvalue weighted by Crippen LogP contribution is 2.41. The first-order valence-electron chi connectivity index (χ1n) is 30.2. The molecule has 466 valence electrons. The molecule has 7 atom stereocenters. The molecule has 12 bridgehead atoms. The molecule has 4 aromatic rings. The molecule has 2 fully saturated rings. The van der Waals surface area contributed by atoms with Crippen molar-refractivity contribution in [3.05, 3.63) is 117 Å². The third kappa shape index (κ3) is 15.6. The van der Waals surface area contributed by atoms with E-state index in [1.54, 1.807) is 0 Å². The number of para-hydroxylation sites is 4. The summed E-state index contributed by atoms with van der Waals surface area (Å²) in [6.07, 6.45) is 4.11. The van der Waals surface area contributed by atoms with Gasteiger partial charge in [-0.2, -0.15) is 0 Å². The zero-order valence-electron chi connectivity index (χ0n) is 49.0. The molecule has 8 amide bonds. The van der Waals surface area contributed by atoms with Crippen LogP contribution in [0.3, 0.4) is 0 Å². The quantitative estimate of drug-likeness (QED) is 0.100. The molecule has 2 spiro atoms. The first-order valence-corrected chi connectivity index (χ1v) is 30.2. The minimum absolute atomic E-state index is 0.0314. The van der Waals surface area contributed by atoms with Crippen molar-refractivity contribution in [2.24, 2.45) is 5.73 Å². The molecular weight excluding hydrogens is 1120 g/mol. The Kier molecular flexibility index (Phi) is 21.0. The van der Waals surface area contributed by atoms with E-state index < -0.39 is 87.4 Å². The lowest BCUT2D eigenvalue weighted by atomic mass is 9.94. The molecule has 2 saturated heterocycles. The molecular formula is C62H81N13O12. The molecule has 5 heterocycles. The van der Waals surface area contributed by atoms with Crippen molar-refractivity contribution in [3.63, 3.8) is 0 Å². The first kappa shape index (κ1) is 63.2. The fourth-order valence-electron chi connectivity index (χ4n) is 12.1. The lowest BCUT2D eigenvalue weighted by molar-refractivity contribution is 0.0906. The number of rotatable bonds is 4. The summed E-state index contributed by atoms with van der Waals surface area (Å²) in [4.78, 5) is 120. The predicted octanol–water partition coefficient (Wildman–Crippen LogP) is 1.04. The average Bonchev–Trinajstić information content (AvgIpc) is 1.75. The van der Waals surface area contributed by atoms with Crippen molar-refractivity contribution in [2.75, 3.05) is 118 Å². The third-order valence-corrected chi connectivity index (χ3v) is 17.3. The topological polar surface area (TPSA) is 352 Å². The number of phenolic OH excluding ortho intramolecular Hbond substituents is 4. The maximum atomic E-state index is 14.4. The van der Waals surface area contributed by atoms with Crippen LogP contribution in [0.1, 0.15) is 141 Å². The molecule has 87 heavy (non-hydrogen) atoms. The molecule has 0 aliphatic carbocycles. The summed E-state index contributed by atoms with van der Waals surface area (Å²) < 4.78 is 0. The maximum absolute atomic E-state index is 14.4. The Morgan fingerprint density at radius 3 is 1.10 bits per heavy atom. The lowest BCUT2D eigenvalue weighted by Gasteiger charge is -2.28. The van der Waals surface area contributed by atoms with E-state index in [1.165, 1.54) is 72.8 Å². The van der Waals surface area contributed by atoms with E-state index >= 15 is 0 Å². The molecule has 5 aliphatic heterocycles. The van der Waals surface area contributed by atoms with Gasteiger partial charge in [0.2, 0.25) is 0 Å². The van der Waals surface area contributed by atoms with Gasteiger partial charge < -0.3 is 78.5 Å². The summed E-state index contributed by atoms with van der Waals surface area (Å²) in [6.45, 7) is 5.82. The average molecular weight is 1200 g/mol. The van der Waals surface area contributed by atoms with Crippen LogP contribution in [-0.4, -0.2) is 222 Å². The van der Waals surface area contributed by atoms with Gasteiger partial charge in [0.25, 0.3) is 47.3 Å². The van der Waals surface area contributed by atoms with E-state index in [9.17, 15) is 58.8 Å². The SMILES string of the molecule is NCCCCC1CC23CNC(=O)c4cccc(c4O)C(=O)NCCCN(CCCNC(=O)c4cccc(c4O)C(=O)N1)CCN1CCCNC(=O)c4cccc(c4O)C(=O)NCCC4(CNC(=O)c5cccc(c5O)C(=O)NCCC1)CN4CCN2C3. The van der Waals surface area contributed by atoms with Crippen LogP contribution in [0.25, 0.3) is 0 Å². The summed E-state index contributed by atoms with van der Waals surface area (Å²) in [7, 11) is 0. The van der Waals surface area contributed by atoms with E-state index in [-0.39, 0.29) is 103 Å². The summed E-state index contributed by atoms with van der Waals surface area (Å²) >= 11 is 0. The number of amides is 8. The minimum atomic E-state index is -0.803. The predicted molar refractivity (Wildman–Crippen MR) is 322 cm³/mol. The standard InChI is InChI=1S/C62H81N13O12/c63-21-2-1-11-40-35-62-37-70-59(86)47-18-5-14-43(51(47)78)55(82)66-24-9-29-73(30-10-25-67-56(83)45-16-6-19-48(52(45)79)60(87)71-40)32-31-72-27-7-22-64-53(80)41-12-3-15-44(49(41)76)57(84)68-26-20-61(38-74(61)33-34-75(62)39-62)36-69-58(85)46-17-4-13-42(50(46)77)54(81)65-23-8-28-72/h3-6,12-19,40,76-79H,1-2,7-11,20-39,63H2,(H,64,80)(H,65,81)(H,66,82)(H,67,83)(H,68,84)(H,69,85)(H,70,86)(H,71,87). The summed E-state index contributed by atoms with van der Waals surface area (Å²) in [5.74, 6) is -6.74. The van der Waals surface area contributed by atoms with Gasteiger partial charge >= 0.3 is 0 Å². The second kappa shape index (κ2) is 28.9. The van der Waals surface area contributed by atoms with Gasteiger partial charge in [0, 0.05) is 91.1 Å². The lowest BCUT2D eigenvalue weighted by Crippen LogP contribution is -2.45. The fourth-order valence-corrected chi connectivity index (χ4v) is 12.1. The van der Waals surface area contributed by atoms with Crippen LogP contribution in [0, 0.1) is 0 Å². The minimum Gasteiger partial charge on any atom is -0.506 e. The summed E-state index contributed by atoms with van der Waals surface area (Å²) in [5.41, 5.74) is 3.66. The first-order chi connectivity index (χ1) is 42.0. The number of carbonyl (C=O) groups is 8. The van der Waals surface area contributed by atoms with Crippen LogP contribution in [-0.2, 0) is 0 Å². The van der Waals surface area contributed by atoms with Crippen LogP contribution in [0.15, 0.2) is 72.8 Å². The van der Waals surface area contributed by atoms with Gasteiger partial charge in [0.1, 0.15) is 23.0 Å². The van der Waals surface area contributed by atoms with Gasteiger partial charge in [-0.25, -0.2) is 0 Å². The van der Waals surface area contributed by atoms with Crippen molar-refractivity contribution in [3.8, 4) is 23.0 Å². The summed E-state index contributed by atoms with van der Waals surface area (Å²) in [5, 5.41) is 69.6. The molecule has 4 aromatic carbocycles. The zero-order chi connectivity index (χ0) is 61.7. The molecule has 25 nitrogen and oxygen atoms in total. The van der Waals surface area contributed by atoms with Gasteiger partial charge in [-0.3, -0.25) is 48.2 Å². The smallest absolute Gasteiger partial charge is 0.255 e. The van der Waals surface area contributed by atoms with Gasteiger partial charge in [-0.15, -0.1) is 0 Å². The fraction of sp³-hybridized carbons (Fsp3) is 0.484. The molecule has 25 heteroatoms. The maximum Gasteiger partial charge on any atom is 0.255 e. The summed E-state index contributed by atoms with van der Waals surface area (Å²) in [6, 6.07) is 17.1. The highest BCUT2D eigenvalue weighted by molar-refractivity contribution is 6.06. The molecule has 9 rings (SSSR count). The van der Waals surface area contributed by atoms with Gasteiger partial charge in [0.15, 0.2) is 0 Å². The third-order valence-electron chi connectivity index (χ3n) is 17.3. The molecule has 0 radical (unpaired) electrons. The number of benzene rings is 4. The molecule has 0 aromatic heterocycles. The molecule has 7 unspecified atom stereocenters. The van der Waals surface area contributed by atoms with Crippen LogP contribution < -0.4 is 48.3 Å². The Balaban J connectivity index is 1.10. The van der Waals surface area contributed by atoms with E-state index in [4.69, 9.17) is 5.73 Å². The van der Waals surface area contributed by atoms with Crippen molar-refractivity contribution >= 4 is 47.3 Å². The Morgan fingerprint density at radius 1 is 0.402 bits per heavy atom. The number of phenols is 4. The van der Waals surface area contributed by atoms with Crippen molar-refractivity contribution in [1.29, 1.82) is 0 Å². The van der Waals surface area contributed by atoms with Gasteiger partial charge in [0.05, 0.1) is 55.6 Å². The Labute approximate surface area is 505 Å². The van der Waals surface area contributed by atoms with E-state index in [1.807, 2.05) is 0 Å². The van der Waals surface area contributed by atoms with Crippen molar-refractivity contribution < 1.29 is 58.8 Å². The van der Waals surface area contributed by atoms with Gasteiger partial charge in [-0.1, -0.05) is 30.7 Å². The highest BCUT2D eigenvalue weighted by Gasteiger charge is 2.56. The second-order valence-electron chi connectivity index (χ2n) is 23.3. The van der Waals surface area contributed by atoms with E-state index in [2.05, 4.69) is 62.1 Å². The van der Waals surface area contributed by atoms with Crippen molar-refractivity contribution in [2.45, 2.75) is 74.9 Å². The number of unbranched alkanes of at least 4 members (excludes halogenated alkanes) is 1. The number of nitrogens with zero attached hydrogens (tertiary/aromatic N) is 4. The monoisotopic (exact) mass is 1200 g/mol. The number of hydrogen-bond acceptors (Lipinski definition) is 17. The highest BCUT2D eigenvalue weighted by atomic mass is 16.3.